The minimum atomic E-state index is -4.40. The summed E-state index contributed by atoms with van der Waals surface area (Å²) in [5.41, 5.74) is -1.38. The number of anilines is 1. The van der Waals surface area contributed by atoms with Crippen molar-refractivity contribution in [2.45, 2.75) is 37.5 Å². The van der Waals surface area contributed by atoms with Gasteiger partial charge in [0.1, 0.15) is 0 Å². The Kier molecular flexibility index (Phi) is 3.97. The van der Waals surface area contributed by atoms with E-state index in [4.69, 9.17) is 11.6 Å². The number of rotatable bonds is 3. The first kappa shape index (κ1) is 14.5. The molecule has 19 heavy (non-hydrogen) atoms. The predicted octanol–water partition coefficient (Wildman–Crippen LogP) is 4.08. The molecule has 0 heterocycles. The third-order valence-corrected chi connectivity index (χ3v) is 3.77. The Balaban J connectivity index is 2.11. The molecule has 0 radical (unpaired) electrons. The Morgan fingerprint density at radius 3 is 2.47 bits per heavy atom. The zero-order valence-corrected chi connectivity index (χ0v) is 11.0. The van der Waals surface area contributed by atoms with Crippen LogP contribution in [-0.2, 0) is 6.18 Å². The van der Waals surface area contributed by atoms with E-state index in [9.17, 15) is 18.3 Å². The monoisotopic (exact) mass is 293 g/mol. The van der Waals surface area contributed by atoms with E-state index in [1.54, 1.807) is 0 Å². The van der Waals surface area contributed by atoms with Crippen molar-refractivity contribution in [2.75, 3.05) is 11.9 Å². The molecule has 1 aromatic carbocycles. The molecule has 2 nitrogen and oxygen atoms in total. The van der Waals surface area contributed by atoms with Crippen LogP contribution >= 0.6 is 11.6 Å². The largest absolute Gasteiger partial charge is 0.416 e. The fraction of sp³-hybridized carbons (Fsp3) is 0.538. The lowest BCUT2D eigenvalue weighted by Crippen LogP contribution is -2.33. The van der Waals surface area contributed by atoms with Gasteiger partial charge in [0.15, 0.2) is 0 Å². The lowest BCUT2D eigenvalue weighted by Gasteiger charge is -2.23. The number of hydrogen-bond acceptors (Lipinski definition) is 2. The van der Waals surface area contributed by atoms with Gasteiger partial charge >= 0.3 is 6.18 Å². The van der Waals surface area contributed by atoms with E-state index in [0.29, 0.717) is 12.8 Å². The van der Waals surface area contributed by atoms with Crippen LogP contribution in [0.25, 0.3) is 0 Å². The second kappa shape index (κ2) is 5.21. The van der Waals surface area contributed by atoms with Crippen molar-refractivity contribution >= 4 is 17.3 Å². The molecule has 0 atom stereocenters. The molecule has 1 aliphatic rings. The molecule has 1 saturated carbocycles. The molecule has 0 aromatic heterocycles. The molecule has 0 amide bonds. The molecule has 1 aromatic rings. The highest BCUT2D eigenvalue weighted by Crippen LogP contribution is 2.35. The van der Waals surface area contributed by atoms with E-state index >= 15 is 0 Å². The molecule has 6 heteroatoms. The topological polar surface area (TPSA) is 32.3 Å². The number of hydrogen-bond donors (Lipinski definition) is 2. The highest BCUT2D eigenvalue weighted by Gasteiger charge is 2.33. The molecule has 0 unspecified atom stereocenters. The van der Waals surface area contributed by atoms with Gasteiger partial charge in [0, 0.05) is 6.54 Å². The van der Waals surface area contributed by atoms with Crippen LogP contribution in [0.3, 0.4) is 0 Å². The van der Waals surface area contributed by atoms with Gasteiger partial charge in [0.2, 0.25) is 0 Å². The van der Waals surface area contributed by atoms with Gasteiger partial charge in [-0.3, -0.25) is 0 Å². The van der Waals surface area contributed by atoms with Crippen molar-refractivity contribution in [1.29, 1.82) is 0 Å². The van der Waals surface area contributed by atoms with Crippen molar-refractivity contribution < 1.29 is 18.3 Å². The standard InChI is InChI=1S/C13H15ClF3NO/c14-10-4-3-9(13(15,16)17)7-11(10)18-8-12(19)5-1-2-6-12/h3-4,7,18-19H,1-2,5-6,8H2. The van der Waals surface area contributed by atoms with Crippen LogP contribution in [-0.4, -0.2) is 17.3 Å². The quantitative estimate of drug-likeness (QED) is 0.880. The third kappa shape index (κ3) is 3.54. The second-order valence-corrected chi connectivity index (χ2v) is 5.38. The lowest BCUT2D eigenvalue weighted by atomic mass is 10.0. The minimum Gasteiger partial charge on any atom is -0.388 e. The fourth-order valence-corrected chi connectivity index (χ4v) is 2.49. The lowest BCUT2D eigenvalue weighted by molar-refractivity contribution is -0.137. The Hall–Kier alpha value is -0.940. The molecule has 106 valence electrons. The Bertz CT molecular complexity index is 456. The highest BCUT2D eigenvalue weighted by atomic mass is 35.5. The van der Waals surface area contributed by atoms with Gasteiger partial charge in [-0.15, -0.1) is 0 Å². The van der Waals surface area contributed by atoms with Crippen LogP contribution in [0.15, 0.2) is 18.2 Å². The van der Waals surface area contributed by atoms with Crippen LogP contribution < -0.4 is 5.32 Å². The summed E-state index contributed by atoms with van der Waals surface area (Å²) in [6, 6.07) is 3.13. The van der Waals surface area contributed by atoms with Crippen molar-refractivity contribution in [2.24, 2.45) is 0 Å². The first-order chi connectivity index (χ1) is 8.80. The van der Waals surface area contributed by atoms with Crippen molar-refractivity contribution in [1.82, 2.24) is 0 Å². The summed E-state index contributed by atoms with van der Waals surface area (Å²) in [4.78, 5) is 0. The van der Waals surface area contributed by atoms with Gasteiger partial charge in [-0.2, -0.15) is 13.2 Å². The van der Waals surface area contributed by atoms with Crippen LogP contribution in [0.1, 0.15) is 31.2 Å². The number of nitrogens with one attached hydrogen (secondary N) is 1. The predicted molar refractivity (Wildman–Crippen MR) is 68.4 cm³/mol. The van der Waals surface area contributed by atoms with E-state index in [0.717, 1.165) is 25.0 Å². The maximum Gasteiger partial charge on any atom is 0.416 e. The molecular weight excluding hydrogens is 279 g/mol. The summed E-state index contributed by atoms with van der Waals surface area (Å²) in [6.45, 7) is 0.216. The van der Waals surface area contributed by atoms with Crippen LogP contribution in [0.2, 0.25) is 5.02 Å². The summed E-state index contributed by atoms with van der Waals surface area (Å²) in [5, 5.41) is 13.2. The third-order valence-electron chi connectivity index (χ3n) is 3.44. The van der Waals surface area contributed by atoms with E-state index in [2.05, 4.69) is 5.32 Å². The number of alkyl halides is 3. The number of aliphatic hydroxyl groups is 1. The Morgan fingerprint density at radius 2 is 1.89 bits per heavy atom. The molecular formula is C13H15ClF3NO. The van der Waals surface area contributed by atoms with Gasteiger partial charge in [-0.1, -0.05) is 24.4 Å². The van der Waals surface area contributed by atoms with Gasteiger partial charge in [0.25, 0.3) is 0 Å². The van der Waals surface area contributed by atoms with Crippen molar-refractivity contribution in [3.05, 3.63) is 28.8 Å². The van der Waals surface area contributed by atoms with E-state index in [-0.39, 0.29) is 17.3 Å². The molecule has 2 rings (SSSR count). The first-order valence-corrected chi connectivity index (χ1v) is 6.51. The van der Waals surface area contributed by atoms with Crippen LogP contribution in [0.4, 0.5) is 18.9 Å². The smallest absolute Gasteiger partial charge is 0.388 e. The van der Waals surface area contributed by atoms with Crippen molar-refractivity contribution in [3.63, 3.8) is 0 Å². The number of benzene rings is 1. The fourth-order valence-electron chi connectivity index (χ4n) is 2.31. The van der Waals surface area contributed by atoms with Gasteiger partial charge in [-0.05, 0) is 31.0 Å². The zero-order chi connectivity index (χ0) is 14.1. The van der Waals surface area contributed by atoms with Crippen LogP contribution in [0.5, 0.6) is 0 Å². The summed E-state index contributed by atoms with van der Waals surface area (Å²) in [5.74, 6) is 0. The Labute approximate surface area is 114 Å². The summed E-state index contributed by atoms with van der Waals surface area (Å²) >= 11 is 5.87. The van der Waals surface area contributed by atoms with E-state index in [1.807, 2.05) is 0 Å². The van der Waals surface area contributed by atoms with Gasteiger partial charge in [0.05, 0.1) is 21.9 Å². The highest BCUT2D eigenvalue weighted by molar-refractivity contribution is 6.33. The first-order valence-electron chi connectivity index (χ1n) is 6.13. The zero-order valence-electron chi connectivity index (χ0n) is 10.2. The van der Waals surface area contributed by atoms with Crippen molar-refractivity contribution in [3.8, 4) is 0 Å². The SMILES string of the molecule is OC1(CNc2cc(C(F)(F)F)ccc2Cl)CCCC1. The van der Waals surface area contributed by atoms with E-state index < -0.39 is 17.3 Å². The van der Waals surface area contributed by atoms with Gasteiger partial charge < -0.3 is 10.4 Å². The molecule has 0 spiro atoms. The molecule has 2 N–H and O–H groups in total. The summed E-state index contributed by atoms with van der Waals surface area (Å²) in [7, 11) is 0. The molecule has 0 bridgehead atoms. The van der Waals surface area contributed by atoms with E-state index in [1.165, 1.54) is 6.07 Å². The maximum atomic E-state index is 12.6. The summed E-state index contributed by atoms with van der Waals surface area (Å²) in [6.07, 6.45) is -1.19. The molecule has 0 saturated heterocycles. The Morgan fingerprint density at radius 1 is 1.26 bits per heavy atom. The average Bonchev–Trinajstić information content (AvgIpc) is 2.74. The molecule has 1 fully saturated rings. The van der Waals surface area contributed by atoms with Crippen LogP contribution in [0, 0.1) is 0 Å². The minimum absolute atomic E-state index is 0.205. The maximum absolute atomic E-state index is 12.6. The molecule has 0 aliphatic heterocycles. The molecule has 1 aliphatic carbocycles. The average molecular weight is 294 g/mol. The normalized spacial score (nSPS) is 18.6. The van der Waals surface area contributed by atoms with Gasteiger partial charge in [-0.25, -0.2) is 0 Å². The summed E-state index contributed by atoms with van der Waals surface area (Å²) < 4.78 is 37.8. The second-order valence-electron chi connectivity index (χ2n) is 4.98. The number of halogens is 4.